The van der Waals surface area contributed by atoms with Crippen LogP contribution < -0.4 is 11.1 Å². The van der Waals surface area contributed by atoms with Gasteiger partial charge in [0.05, 0.1) is 13.2 Å². The van der Waals surface area contributed by atoms with E-state index in [9.17, 15) is 9.59 Å². The number of morpholine rings is 1. The Kier molecular flexibility index (Phi) is 3.78. The Morgan fingerprint density at radius 1 is 1.17 bits per heavy atom. The van der Waals surface area contributed by atoms with Gasteiger partial charge in [-0.3, -0.25) is 4.79 Å². The molecule has 0 atom stereocenters. The number of benzene rings is 1. The molecule has 1 aromatic carbocycles. The van der Waals surface area contributed by atoms with Crippen LogP contribution in [0.4, 0.5) is 10.5 Å². The highest BCUT2D eigenvalue weighted by molar-refractivity contribution is 5.94. The maximum absolute atomic E-state index is 11.9. The number of urea groups is 1. The molecule has 1 aliphatic heterocycles. The minimum atomic E-state index is -0.485. The van der Waals surface area contributed by atoms with Gasteiger partial charge in [-0.15, -0.1) is 0 Å². The van der Waals surface area contributed by atoms with Crippen molar-refractivity contribution in [3.05, 3.63) is 29.8 Å². The molecule has 0 aromatic heterocycles. The molecule has 6 heteroatoms. The first-order chi connectivity index (χ1) is 8.66. The van der Waals surface area contributed by atoms with E-state index in [1.54, 1.807) is 29.2 Å². The van der Waals surface area contributed by atoms with Crippen LogP contribution in [0, 0.1) is 0 Å². The fraction of sp³-hybridized carbons (Fsp3) is 0.333. The number of hydrogen-bond acceptors (Lipinski definition) is 3. The number of anilines is 1. The Balaban J connectivity index is 1.96. The monoisotopic (exact) mass is 249 g/mol. The summed E-state index contributed by atoms with van der Waals surface area (Å²) in [6, 6.07) is 6.30. The lowest BCUT2D eigenvalue weighted by Gasteiger charge is -2.26. The van der Waals surface area contributed by atoms with Gasteiger partial charge in [-0.25, -0.2) is 4.79 Å². The number of hydrogen-bond donors (Lipinski definition) is 2. The van der Waals surface area contributed by atoms with Crippen molar-refractivity contribution in [2.75, 3.05) is 31.6 Å². The lowest BCUT2D eigenvalue weighted by atomic mass is 10.2. The lowest BCUT2D eigenvalue weighted by Crippen LogP contribution is -2.43. The minimum absolute atomic E-state index is 0.162. The number of nitrogens with zero attached hydrogens (tertiary/aromatic N) is 1. The van der Waals surface area contributed by atoms with Crippen LogP contribution >= 0.6 is 0 Å². The molecule has 1 fully saturated rings. The molecule has 0 radical (unpaired) electrons. The van der Waals surface area contributed by atoms with Crippen LogP contribution in [0.5, 0.6) is 0 Å². The van der Waals surface area contributed by atoms with Crippen LogP contribution in [0.1, 0.15) is 10.4 Å². The molecular formula is C12H15N3O3. The number of ether oxygens (including phenoxy) is 1. The van der Waals surface area contributed by atoms with Crippen LogP contribution in [0.25, 0.3) is 0 Å². The van der Waals surface area contributed by atoms with E-state index in [0.29, 0.717) is 37.6 Å². The highest BCUT2D eigenvalue weighted by Crippen LogP contribution is 2.10. The van der Waals surface area contributed by atoms with E-state index < -0.39 is 5.91 Å². The average molecular weight is 249 g/mol. The van der Waals surface area contributed by atoms with Crippen LogP contribution in [-0.2, 0) is 4.74 Å². The third kappa shape index (κ3) is 2.98. The second-order valence-electron chi connectivity index (χ2n) is 3.97. The summed E-state index contributed by atoms with van der Waals surface area (Å²) in [5.74, 6) is -0.485. The highest BCUT2D eigenvalue weighted by atomic mass is 16.5. The molecule has 2 rings (SSSR count). The SMILES string of the molecule is NC(=O)c1ccc(NC(=O)N2CCOCC2)cc1. The lowest BCUT2D eigenvalue weighted by molar-refractivity contribution is 0.0564. The second-order valence-corrected chi connectivity index (χ2v) is 3.97. The minimum Gasteiger partial charge on any atom is -0.378 e. The van der Waals surface area contributed by atoms with Crippen molar-refractivity contribution in [2.24, 2.45) is 5.73 Å². The van der Waals surface area contributed by atoms with Gasteiger partial charge in [0.1, 0.15) is 0 Å². The third-order valence-electron chi connectivity index (χ3n) is 2.72. The first-order valence-corrected chi connectivity index (χ1v) is 5.70. The Hall–Kier alpha value is -2.08. The number of amides is 3. The zero-order valence-corrected chi connectivity index (χ0v) is 9.89. The Morgan fingerprint density at radius 2 is 1.78 bits per heavy atom. The van der Waals surface area contributed by atoms with Gasteiger partial charge in [-0.05, 0) is 24.3 Å². The highest BCUT2D eigenvalue weighted by Gasteiger charge is 2.16. The molecule has 1 aromatic rings. The Bertz CT molecular complexity index is 438. The number of carbonyl (C=O) groups excluding carboxylic acids is 2. The summed E-state index contributed by atoms with van der Waals surface area (Å²) in [5.41, 5.74) is 6.19. The van der Waals surface area contributed by atoms with E-state index >= 15 is 0 Å². The number of carbonyl (C=O) groups is 2. The standard InChI is InChI=1S/C12H15N3O3/c13-11(16)9-1-3-10(4-2-9)14-12(17)15-5-7-18-8-6-15/h1-4H,5-8H2,(H2,13,16)(H,14,17). The summed E-state index contributed by atoms with van der Waals surface area (Å²) in [7, 11) is 0. The molecule has 3 N–H and O–H groups in total. The van der Waals surface area contributed by atoms with Crippen molar-refractivity contribution in [1.82, 2.24) is 4.90 Å². The summed E-state index contributed by atoms with van der Waals surface area (Å²) in [5, 5.41) is 2.76. The van der Waals surface area contributed by atoms with Crippen molar-refractivity contribution in [3.63, 3.8) is 0 Å². The van der Waals surface area contributed by atoms with Gasteiger partial charge < -0.3 is 20.7 Å². The molecule has 6 nitrogen and oxygen atoms in total. The first-order valence-electron chi connectivity index (χ1n) is 5.70. The number of rotatable bonds is 2. The Morgan fingerprint density at radius 3 is 2.33 bits per heavy atom. The molecule has 1 saturated heterocycles. The summed E-state index contributed by atoms with van der Waals surface area (Å²) in [6.45, 7) is 2.30. The summed E-state index contributed by atoms with van der Waals surface area (Å²) in [4.78, 5) is 24.4. The number of nitrogens with one attached hydrogen (secondary N) is 1. The summed E-state index contributed by atoms with van der Waals surface area (Å²) >= 11 is 0. The fourth-order valence-corrected chi connectivity index (χ4v) is 1.69. The maximum Gasteiger partial charge on any atom is 0.321 e. The van der Waals surface area contributed by atoms with E-state index in [0.717, 1.165) is 0 Å². The summed E-state index contributed by atoms with van der Waals surface area (Å²) in [6.07, 6.45) is 0. The van der Waals surface area contributed by atoms with Gasteiger partial charge in [0.2, 0.25) is 5.91 Å². The molecule has 3 amide bonds. The van der Waals surface area contributed by atoms with Crippen LogP contribution in [0.3, 0.4) is 0 Å². The van der Waals surface area contributed by atoms with Crippen LogP contribution in [0.15, 0.2) is 24.3 Å². The van der Waals surface area contributed by atoms with Crippen molar-refractivity contribution < 1.29 is 14.3 Å². The zero-order valence-electron chi connectivity index (χ0n) is 9.89. The molecule has 1 heterocycles. The predicted molar refractivity (Wildman–Crippen MR) is 66.4 cm³/mol. The topological polar surface area (TPSA) is 84.7 Å². The van der Waals surface area contributed by atoms with Crippen molar-refractivity contribution in [3.8, 4) is 0 Å². The summed E-state index contributed by atoms with van der Waals surface area (Å²) < 4.78 is 5.17. The average Bonchev–Trinajstić information content (AvgIpc) is 2.40. The van der Waals surface area contributed by atoms with Crippen LogP contribution in [0.2, 0.25) is 0 Å². The van der Waals surface area contributed by atoms with E-state index in [-0.39, 0.29) is 6.03 Å². The zero-order chi connectivity index (χ0) is 13.0. The molecule has 0 bridgehead atoms. The van der Waals surface area contributed by atoms with Crippen LogP contribution in [-0.4, -0.2) is 43.1 Å². The van der Waals surface area contributed by atoms with Gasteiger partial charge in [-0.2, -0.15) is 0 Å². The van der Waals surface area contributed by atoms with Crippen molar-refractivity contribution in [1.29, 1.82) is 0 Å². The van der Waals surface area contributed by atoms with Gasteiger partial charge in [0.25, 0.3) is 0 Å². The quantitative estimate of drug-likeness (QED) is 0.807. The molecule has 18 heavy (non-hydrogen) atoms. The molecule has 0 saturated carbocycles. The van der Waals surface area contributed by atoms with E-state index in [1.165, 1.54) is 0 Å². The molecule has 1 aliphatic rings. The molecule has 0 unspecified atom stereocenters. The third-order valence-corrected chi connectivity index (χ3v) is 2.72. The van der Waals surface area contributed by atoms with Crippen molar-refractivity contribution >= 4 is 17.6 Å². The van der Waals surface area contributed by atoms with Gasteiger partial charge in [-0.1, -0.05) is 0 Å². The Labute approximate surface area is 105 Å². The predicted octanol–water partition coefficient (Wildman–Crippen LogP) is 0.650. The molecule has 0 aliphatic carbocycles. The normalized spacial score (nSPS) is 15.2. The maximum atomic E-state index is 11.9. The second kappa shape index (κ2) is 5.50. The molecule has 96 valence electrons. The smallest absolute Gasteiger partial charge is 0.321 e. The largest absolute Gasteiger partial charge is 0.378 e. The fourth-order valence-electron chi connectivity index (χ4n) is 1.69. The van der Waals surface area contributed by atoms with E-state index in [1.807, 2.05) is 0 Å². The number of nitrogens with two attached hydrogens (primary N) is 1. The molecule has 0 spiro atoms. The van der Waals surface area contributed by atoms with E-state index in [4.69, 9.17) is 10.5 Å². The molecular weight excluding hydrogens is 234 g/mol. The van der Waals surface area contributed by atoms with Gasteiger partial charge >= 0.3 is 6.03 Å². The van der Waals surface area contributed by atoms with Gasteiger partial charge in [0, 0.05) is 24.3 Å². The van der Waals surface area contributed by atoms with E-state index in [2.05, 4.69) is 5.32 Å². The van der Waals surface area contributed by atoms with Crippen molar-refractivity contribution in [2.45, 2.75) is 0 Å². The number of primary amides is 1. The van der Waals surface area contributed by atoms with Gasteiger partial charge in [0.15, 0.2) is 0 Å². The first kappa shape index (κ1) is 12.4.